The number of fused-ring (bicyclic) bond motifs is 2. The lowest BCUT2D eigenvalue weighted by Gasteiger charge is -2.25. The highest BCUT2D eigenvalue weighted by molar-refractivity contribution is 7.20. The van der Waals surface area contributed by atoms with Crippen LogP contribution >= 0.6 is 22.9 Å². The standard InChI is InChI=1S/C21H16ClFN4OS/c1-10-6-7-15-16(8-10)29-21(24-15)27-20-18(11(2)26-27)12(9-17(28)25-20)19-13(22)4-3-5-14(19)23/h3-8,12H,9H2,1-2H3,(H,25,28)/t12-/m0/s1. The topological polar surface area (TPSA) is 59.8 Å². The number of amides is 1. The van der Waals surface area contributed by atoms with E-state index in [0.717, 1.165) is 21.3 Å². The number of hydrogen-bond donors (Lipinski definition) is 1. The maximum absolute atomic E-state index is 14.6. The fourth-order valence-corrected chi connectivity index (χ4v) is 5.20. The first-order chi connectivity index (χ1) is 13.9. The zero-order valence-corrected chi connectivity index (χ0v) is 17.2. The molecule has 0 saturated carbocycles. The van der Waals surface area contributed by atoms with Gasteiger partial charge in [-0.3, -0.25) is 4.79 Å². The van der Waals surface area contributed by atoms with Crippen LogP contribution in [0.2, 0.25) is 5.02 Å². The van der Waals surface area contributed by atoms with E-state index in [0.29, 0.717) is 27.2 Å². The third-order valence-electron chi connectivity index (χ3n) is 5.16. The van der Waals surface area contributed by atoms with E-state index < -0.39 is 11.7 Å². The van der Waals surface area contributed by atoms with Gasteiger partial charge < -0.3 is 5.32 Å². The highest BCUT2D eigenvalue weighted by Gasteiger charge is 2.35. The van der Waals surface area contributed by atoms with Crippen LogP contribution in [0.15, 0.2) is 36.4 Å². The van der Waals surface area contributed by atoms with E-state index in [1.165, 1.54) is 17.4 Å². The zero-order valence-electron chi connectivity index (χ0n) is 15.7. The van der Waals surface area contributed by atoms with Crippen molar-refractivity contribution in [2.24, 2.45) is 0 Å². The number of halogens is 2. The number of anilines is 1. The van der Waals surface area contributed by atoms with Crippen molar-refractivity contribution in [1.29, 1.82) is 0 Å². The molecule has 0 bridgehead atoms. The predicted octanol–water partition coefficient (Wildman–Crippen LogP) is 5.37. The predicted molar refractivity (Wildman–Crippen MR) is 113 cm³/mol. The lowest BCUT2D eigenvalue weighted by Crippen LogP contribution is -2.25. The molecule has 0 saturated heterocycles. The highest BCUT2D eigenvalue weighted by atomic mass is 35.5. The lowest BCUT2D eigenvalue weighted by atomic mass is 9.85. The van der Waals surface area contributed by atoms with Gasteiger partial charge in [0.2, 0.25) is 11.0 Å². The SMILES string of the molecule is Cc1ccc2nc(-n3nc(C)c4c3NC(=O)C[C@@H]4c3c(F)cccc3Cl)sc2c1. The Morgan fingerprint density at radius 3 is 2.86 bits per heavy atom. The average Bonchev–Trinajstić information content (AvgIpc) is 3.22. The molecule has 8 heteroatoms. The third kappa shape index (κ3) is 2.92. The summed E-state index contributed by atoms with van der Waals surface area (Å²) in [6.45, 7) is 3.88. The maximum Gasteiger partial charge on any atom is 0.226 e. The Morgan fingerprint density at radius 2 is 2.07 bits per heavy atom. The largest absolute Gasteiger partial charge is 0.310 e. The van der Waals surface area contributed by atoms with E-state index in [9.17, 15) is 9.18 Å². The first-order valence-corrected chi connectivity index (χ1v) is 10.3. The van der Waals surface area contributed by atoms with Gasteiger partial charge in [0.15, 0.2) is 0 Å². The second-order valence-corrected chi connectivity index (χ2v) is 8.58. The van der Waals surface area contributed by atoms with Gasteiger partial charge >= 0.3 is 0 Å². The number of carbonyl (C=O) groups is 1. The highest BCUT2D eigenvalue weighted by Crippen LogP contribution is 2.43. The Balaban J connectivity index is 1.71. The van der Waals surface area contributed by atoms with Gasteiger partial charge in [0.25, 0.3) is 0 Å². The molecule has 0 aliphatic carbocycles. The van der Waals surface area contributed by atoms with Crippen LogP contribution < -0.4 is 5.32 Å². The van der Waals surface area contributed by atoms with E-state index in [4.69, 9.17) is 11.6 Å². The van der Waals surface area contributed by atoms with Gasteiger partial charge in [-0.25, -0.2) is 9.37 Å². The van der Waals surface area contributed by atoms with Gasteiger partial charge in [-0.15, -0.1) is 0 Å². The van der Waals surface area contributed by atoms with Gasteiger partial charge in [0, 0.05) is 28.5 Å². The van der Waals surface area contributed by atoms with Crippen LogP contribution in [0.4, 0.5) is 10.2 Å². The summed E-state index contributed by atoms with van der Waals surface area (Å²) in [6, 6.07) is 10.6. The van der Waals surface area contributed by atoms with Crippen molar-refractivity contribution in [2.45, 2.75) is 26.2 Å². The number of benzene rings is 2. The summed E-state index contributed by atoms with van der Waals surface area (Å²) in [5, 5.41) is 8.49. The van der Waals surface area contributed by atoms with Crippen molar-refractivity contribution < 1.29 is 9.18 Å². The Bertz CT molecular complexity index is 1280. The summed E-state index contributed by atoms with van der Waals surface area (Å²) < 4.78 is 17.3. The van der Waals surface area contributed by atoms with Crippen molar-refractivity contribution in [3.63, 3.8) is 0 Å². The second kappa shape index (κ2) is 6.64. The molecule has 2 aromatic heterocycles. The number of aryl methyl sites for hydroxylation is 2. The van der Waals surface area contributed by atoms with E-state index in [1.807, 2.05) is 26.0 Å². The van der Waals surface area contributed by atoms with Crippen molar-refractivity contribution in [1.82, 2.24) is 14.8 Å². The van der Waals surface area contributed by atoms with Crippen LogP contribution in [0, 0.1) is 19.7 Å². The van der Waals surface area contributed by atoms with E-state index in [1.54, 1.807) is 16.8 Å². The number of carbonyl (C=O) groups excluding carboxylic acids is 1. The molecule has 0 fully saturated rings. The van der Waals surface area contributed by atoms with Gasteiger partial charge in [-0.2, -0.15) is 9.78 Å². The third-order valence-corrected chi connectivity index (χ3v) is 6.49. The minimum atomic E-state index is -0.502. The molecule has 1 aliphatic rings. The molecular formula is C21H16ClFN4OS. The first kappa shape index (κ1) is 18.3. The normalized spacial score (nSPS) is 16.1. The summed E-state index contributed by atoms with van der Waals surface area (Å²) in [6.07, 6.45) is 0.110. The molecule has 0 radical (unpaired) electrons. The molecule has 4 aromatic rings. The van der Waals surface area contributed by atoms with Gasteiger partial charge in [-0.1, -0.05) is 35.1 Å². The lowest BCUT2D eigenvalue weighted by molar-refractivity contribution is -0.116. The Kier molecular flexibility index (Phi) is 4.18. The van der Waals surface area contributed by atoms with Crippen molar-refractivity contribution >= 4 is 44.9 Å². The van der Waals surface area contributed by atoms with E-state index in [2.05, 4.69) is 21.5 Å². The molecule has 2 aromatic carbocycles. The zero-order chi connectivity index (χ0) is 20.3. The average molecular weight is 427 g/mol. The van der Waals surface area contributed by atoms with Crippen molar-refractivity contribution in [3.05, 3.63) is 69.6 Å². The molecule has 5 nitrogen and oxygen atoms in total. The molecule has 1 atom stereocenters. The first-order valence-electron chi connectivity index (χ1n) is 9.13. The quantitative estimate of drug-likeness (QED) is 0.469. The summed E-state index contributed by atoms with van der Waals surface area (Å²) in [5.41, 5.74) is 3.82. The fraction of sp³-hybridized carbons (Fsp3) is 0.190. The fourth-order valence-electron chi connectivity index (χ4n) is 3.89. The van der Waals surface area contributed by atoms with Crippen molar-refractivity contribution in [3.8, 4) is 5.13 Å². The Labute approximate surface area is 175 Å². The van der Waals surface area contributed by atoms with Crippen LogP contribution in [0.1, 0.15) is 34.7 Å². The number of nitrogens with one attached hydrogen (secondary N) is 1. The minimum absolute atomic E-state index is 0.110. The van der Waals surface area contributed by atoms with Crippen molar-refractivity contribution in [2.75, 3.05) is 5.32 Å². The number of nitrogens with zero attached hydrogens (tertiary/aromatic N) is 3. The smallest absolute Gasteiger partial charge is 0.226 e. The summed E-state index contributed by atoms with van der Waals surface area (Å²) in [7, 11) is 0. The maximum atomic E-state index is 14.6. The number of thiazole rings is 1. The van der Waals surface area contributed by atoms with Crippen LogP contribution in [-0.2, 0) is 4.79 Å². The van der Waals surface area contributed by atoms with Gasteiger partial charge in [-0.05, 0) is 43.7 Å². The van der Waals surface area contributed by atoms with Crippen LogP contribution in [0.25, 0.3) is 15.3 Å². The Morgan fingerprint density at radius 1 is 1.24 bits per heavy atom. The Hall–Kier alpha value is -2.77. The molecule has 1 amide bonds. The van der Waals surface area contributed by atoms with E-state index in [-0.39, 0.29) is 12.3 Å². The number of aromatic nitrogens is 3. The van der Waals surface area contributed by atoms with Crippen LogP contribution in [0.3, 0.4) is 0 Å². The summed E-state index contributed by atoms with van der Waals surface area (Å²) in [5.74, 6) is -0.609. The molecule has 1 N–H and O–H groups in total. The number of hydrogen-bond acceptors (Lipinski definition) is 4. The molecule has 0 unspecified atom stereocenters. The molecule has 1 aliphatic heterocycles. The molecule has 0 spiro atoms. The minimum Gasteiger partial charge on any atom is -0.310 e. The van der Waals surface area contributed by atoms with Gasteiger partial charge in [0.1, 0.15) is 11.6 Å². The molecule has 5 rings (SSSR count). The van der Waals surface area contributed by atoms with Crippen LogP contribution in [0.5, 0.6) is 0 Å². The summed E-state index contributed by atoms with van der Waals surface area (Å²) >= 11 is 7.81. The second-order valence-electron chi connectivity index (χ2n) is 7.17. The summed E-state index contributed by atoms with van der Waals surface area (Å²) in [4.78, 5) is 17.2. The number of rotatable bonds is 2. The molecular weight excluding hydrogens is 411 g/mol. The molecule has 3 heterocycles. The molecule has 146 valence electrons. The van der Waals surface area contributed by atoms with Gasteiger partial charge in [0.05, 0.1) is 15.9 Å². The van der Waals surface area contributed by atoms with Crippen LogP contribution in [-0.4, -0.2) is 20.7 Å². The van der Waals surface area contributed by atoms with E-state index >= 15 is 0 Å². The molecule has 29 heavy (non-hydrogen) atoms. The monoisotopic (exact) mass is 426 g/mol.